The quantitative estimate of drug-likeness (QED) is 0.790. The fraction of sp³-hybridized carbons (Fsp3) is 0.684. The van der Waals surface area contributed by atoms with E-state index in [2.05, 4.69) is 25.5 Å². The molecule has 142 valence electrons. The second kappa shape index (κ2) is 7.96. The number of nitrogens with one attached hydrogen (secondary N) is 1. The summed E-state index contributed by atoms with van der Waals surface area (Å²) in [5, 5.41) is 0. The molecule has 1 aliphatic rings. The normalized spacial score (nSPS) is 21.8. The first kappa shape index (κ1) is 20.0. The number of hydrogen-bond acceptors (Lipinski definition) is 4. The van der Waals surface area contributed by atoms with Gasteiger partial charge in [0.05, 0.1) is 19.1 Å². The molecule has 0 heterocycles. The highest BCUT2D eigenvalue weighted by Crippen LogP contribution is 2.40. The third-order valence-corrected chi connectivity index (χ3v) is 7.25. The lowest BCUT2D eigenvalue weighted by Gasteiger charge is -2.39. The summed E-state index contributed by atoms with van der Waals surface area (Å²) < 4.78 is 38.6. The maximum Gasteiger partial charge on any atom is 0.240 e. The zero-order valence-electron chi connectivity index (χ0n) is 16.0. The minimum Gasteiger partial charge on any atom is -0.493 e. The average Bonchev–Trinajstić information content (AvgIpc) is 2.61. The van der Waals surface area contributed by atoms with Crippen LogP contribution in [-0.2, 0) is 10.0 Å². The molecule has 25 heavy (non-hydrogen) atoms. The zero-order chi connectivity index (χ0) is 18.7. The monoisotopic (exact) mass is 369 g/mol. The molecule has 0 unspecified atom stereocenters. The molecule has 1 N–H and O–H groups in total. The van der Waals surface area contributed by atoms with Crippen LogP contribution in [-0.4, -0.2) is 28.7 Å². The highest BCUT2D eigenvalue weighted by molar-refractivity contribution is 7.89. The number of benzene rings is 1. The van der Waals surface area contributed by atoms with Crippen molar-refractivity contribution in [3.8, 4) is 11.5 Å². The molecule has 1 aromatic carbocycles. The largest absolute Gasteiger partial charge is 0.493 e. The van der Waals surface area contributed by atoms with Crippen molar-refractivity contribution in [3.05, 3.63) is 18.2 Å². The minimum absolute atomic E-state index is 0.00185. The average molecular weight is 370 g/mol. The number of ether oxygens (including phenoxy) is 2. The Morgan fingerprint density at radius 2 is 1.68 bits per heavy atom. The molecule has 0 aliphatic heterocycles. The molecule has 0 atom stereocenters. The van der Waals surface area contributed by atoms with Gasteiger partial charge in [0, 0.05) is 12.1 Å². The first-order valence-corrected chi connectivity index (χ1v) is 10.5. The molecule has 1 saturated carbocycles. The Hall–Kier alpha value is -1.27. The van der Waals surface area contributed by atoms with Gasteiger partial charge in [0.15, 0.2) is 11.5 Å². The van der Waals surface area contributed by atoms with E-state index in [1.807, 2.05) is 0 Å². The van der Waals surface area contributed by atoms with Gasteiger partial charge in [0.25, 0.3) is 0 Å². The summed E-state index contributed by atoms with van der Waals surface area (Å²) in [6, 6.07) is 4.68. The molecule has 5 nitrogen and oxygen atoms in total. The van der Waals surface area contributed by atoms with Crippen molar-refractivity contribution in [2.45, 2.75) is 63.8 Å². The van der Waals surface area contributed by atoms with Gasteiger partial charge < -0.3 is 9.47 Å². The van der Waals surface area contributed by atoms with Gasteiger partial charge in [-0.05, 0) is 49.1 Å². The SMILES string of the molecule is CCC(C)(C)C1CCC(NS(=O)(=O)c2ccc(OC)c(OC)c2)CC1. The number of sulfonamides is 1. The van der Waals surface area contributed by atoms with Crippen molar-refractivity contribution >= 4 is 10.0 Å². The van der Waals surface area contributed by atoms with E-state index in [-0.39, 0.29) is 10.9 Å². The van der Waals surface area contributed by atoms with Gasteiger partial charge in [-0.1, -0.05) is 27.2 Å². The van der Waals surface area contributed by atoms with E-state index in [4.69, 9.17) is 9.47 Å². The molecule has 6 heteroatoms. The molecule has 0 aromatic heterocycles. The Morgan fingerprint density at radius 1 is 1.08 bits per heavy atom. The third-order valence-electron chi connectivity index (χ3n) is 5.73. The van der Waals surface area contributed by atoms with Crippen LogP contribution in [0, 0.1) is 11.3 Å². The Kier molecular flexibility index (Phi) is 6.38. The molecule has 0 amide bonds. The van der Waals surface area contributed by atoms with Crippen LogP contribution in [0.3, 0.4) is 0 Å². The Morgan fingerprint density at radius 3 is 2.20 bits per heavy atom. The van der Waals surface area contributed by atoms with Crippen molar-refractivity contribution < 1.29 is 17.9 Å². The van der Waals surface area contributed by atoms with E-state index in [0.717, 1.165) is 32.1 Å². The van der Waals surface area contributed by atoms with E-state index in [1.165, 1.54) is 20.3 Å². The molecule has 0 bridgehead atoms. The lowest BCUT2D eigenvalue weighted by Crippen LogP contribution is -2.39. The van der Waals surface area contributed by atoms with Crippen LogP contribution in [0.4, 0.5) is 0 Å². The number of hydrogen-bond donors (Lipinski definition) is 1. The van der Waals surface area contributed by atoms with E-state index in [9.17, 15) is 8.42 Å². The maximum atomic E-state index is 12.7. The third kappa shape index (κ3) is 4.67. The minimum atomic E-state index is -3.56. The first-order chi connectivity index (χ1) is 11.7. The van der Waals surface area contributed by atoms with Gasteiger partial charge in [-0.2, -0.15) is 0 Å². The summed E-state index contributed by atoms with van der Waals surface area (Å²) in [4.78, 5) is 0.209. The molecule has 2 rings (SSSR count). The van der Waals surface area contributed by atoms with E-state index in [1.54, 1.807) is 12.1 Å². The summed E-state index contributed by atoms with van der Waals surface area (Å²) in [7, 11) is -0.535. The highest BCUT2D eigenvalue weighted by atomic mass is 32.2. The second-order valence-corrected chi connectivity index (χ2v) is 9.24. The fourth-order valence-corrected chi connectivity index (χ4v) is 4.87. The molecule has 0 spiro atoms. The van der Waals surface area contributed by atoms with Gasteiger partial charge in [0.1, 0.15) is 0 Å². The van der Waals surface area contributed by atoms with E-state index >= 15 is 0 Å². The molecule has 1 aromatic rings. The topological polar surface area (TPSA) is 64.6 Å². The Bertz CT molecular complexity index is 677. The summed E-state index contributed by atoms with van der Waals surface area (Å²) in [5.74, 6) is 1.60. The zero-order valence-corrected chi connectivity index (χ0v) is 16.8. The summed E-state index contributed by atoms with van der Waals surface area (Å²) >= 11 is 0. The van der Waals surface area contributed by atoms with Crippen LogP contribution in [0.15, 0.2) is 23.1 Å². The van der Waals surface area contributed by atoms with Crippen LogP contribution in [0.2, 0.25) is 0 Å². The van der Waals surface area contributed by atoms with Crippen LogP contribution >= 0.6 is 0 Å². The van der Waals surface area contributed by atoms with Crippen LogP contribution in [0.1, 0.15) is 52.9 Å². The smallest absolute Gasteiger partial charge is 0.240 e. The standard InChI is InChI=1S/C19H31NO4S/c1-6-19(2,3)14-7-9-15(10-8-14)20-25(21,22)16-11-12-17(23-4)18(13-16)24-5/h11-15,20H,6-10H2,1-5H3. The van der Waals surface area contributed by atoms with Crippen LogP contribution < -0.4 is 14.2 Å². The van der Waals surface area contributed by atoms with Crippen molar-refractivity contribution in [2.75, 3.05) is 14.2 Å². The van der Waals surface area contributed by atoms with Gasteiger partial charge in [-0.15, -0.1) is 0 Å². The van der Waals surface area contributed by atoms with Gasteiger partial charge >= 0.3 is 0 Å². The summed E-state index contributed by atoms with van der Waals surface area (Å²) in [5.41, 5.74) is 0.327. The van der Waals surface area contributed by atoms with Gasteiger partial charge in [-0.3, -0.25) is 0 Å². The van der Waals surface area contributed by atoms with E-state index in [0.29, 0.717) is 22.8 Å². The van der Waals surface area contributed by atoms with Crippen molar-refractivity contribution in [2.24, 2.45) is 11.3 Å². The predicted octanol–water partition coefficient (Wildman–Crippen LogP) is 3.98. The lowest BCUT2D eigenvalue weighted by molar-refractivity contribution is 0.142. The molecule has 1 aliphatic carbocycles. The second-order valence-electron chi connectivity index (χ2n) is 7.53. The molecule has 1 fully saturated rings. The molecular formula is C19H31NO4S. The van der Waals surface area contributed by atoms with Crippen molar-refractivity contribution in [1.29, 1.82) is 0 Å². The maximum absolute atomic E-state index is 12.7. The fourth-order valence-electron chi connectivity index (χ4n) is 3.55. The Labute approximate surface area is 152 Å². The number of rotatable bonds is 7. The van der Waals surface area contributed by atoms with Gasteiger partial charge in [0.2, 0.25) is 10.0 Å². The highest BCUT2D eigenvalue weighted by Gasteiger charge is 2.33. The molecule has 0 radical (unpaired) electrons. The Balaban J connectivity index is 2.05. The lowest BCUT2D eigenvalue weighted by atomic mass is 9.69. The molecular weight excluding hydrogens is 338 g/mol. The van der Waals surface area contributed by atoms with Crippen LogP contribution in [0.5, 0.6) is 11.5 Å². The van der Waals surface area contributed by atoms with Gasteiger partial charge in [-0.25, -0.2) is 13.1 Å². The predicted molar refractivity (Wildman–Crippen MR) is 99.7 cm³/mol. The summed E-state index contributed by atoms with van der Waals surface area (Å²) in [6.07, 6.45) is 5.07. The van der Waals surface area contributed by atoms with Crippen molar-refractivity contribution in [3.63, 3.8) is 0 Å². The number of methoxy groups -OCH3 is 2. The van der Waals surface area contributed by atoms with Crippen LogP contribution in [0.25, 0.3) is 0 Å². The van der Waals surface area contributed by atoms with E-state index < -0.39 is 10.0 Å². The first-order valence-electron chi connectivity index (χ1n) is 8.98. The molecule has 0 saturated heterocycles. The summed E-state index contributed by atoms with van der Waals surface area (Å²) in [6.45, 7) is 6.85. The van der Waals surface area contributed by atoms with Crippen molar-refractivity contribution in [1.82, 2.24) is 4.72 Å².